The summed E-state index contributed by atoms with van der Waals surface area (Å²) < 4.78 is 0. The van der Waals surface area contributed by atoms with Gasteiger partial charge in [0.05, 0.1) is 0 Å². The molecule has 0 unspecified atom stereocenters. The smallest absolute Gasteiger partial charge is 0.123 e. The molecule has 4 nitrogen and oxygen atoms in total. The number of hydrogen-bond donors (Lipinski definition) is 2. The first-order valence-corrected chi connectivity index (χ1v) is 6.94. The van der Waals surface area contributed by atoms with E-state index in [2.05, 4.69) is 16.0 Å². The van der Waals surface area contributed by atoms with E-state index in [0.717, 1.165) is 32.7 Å². The molecule has 0 fully saturated rings. The van der Waals surface area contributed by atoms with E-state index in [1.807, 2.05) is 24.4 Å². The van der Waals surface area contributed by atoms with Gasteiger partial charge in [-0.3, -0.25) is 4.98 Å². The summed E-state index contributed by atoms with van der Waals surface area (Å²) in [5, 5.41) is 13.9. The Bertz CT molecular complexity index is 994. The van der Waals surface area contributed by atoms with E-state index in [-0.39, 0.29) is 5.75 Å². The SMILES string of the molecule is Nc1ccc(-c2cc3cc(O)ccc3c3cnccc23)cn1. The van der Waals surface area contributed by atoms with Crippen LogP contribution in [-0.4, -0.2) is 15.1 Å². The third kappa shape index (κ3) is 1.93. The molecule has 0 bridgehead atoms. The van der Waals surface area contributed by atoms with Crippen molar-refractivity contribution in [2.75, 3.05) is 5.73 Å². The van der Waals surface area contributed by atoms with Crippen molar-refractivity contribution in [2.24, 2.45) is 0 Å². The number of anilines is 1. The van der Waals surface area contributed by atoms with Crippen LogP contribution >= 0.6 is 0 Å². The van der Waals surface area contributed by atoms with E-state index in [1.54, 1.807) is 30.6 Å². The van der Waals surface area contributed by atoms with E-state index in [4.69, 9.17) is 5.73 Å². The number of nitrogens with zero attached hydrogens (tertiary/aromatic N) is 2. The van der Waals surface area contributed by atoms with Gasteiger partial charge in [0, 0.05) is 29.5 Å². The lowest BCUT2D eigenvalue weighted by molar-refractivity contribution is 0.476. The summed E-state index contributed by atoms with van der Waals surface area (Å²) in [4.78, 5) is 8.41. The predicted octanol–water partition coefficient (Wildman–Crippen LogP) is 3.74. The van der Waals surface area contributed by atoms with Crippen molar-refractivity contribution in [1.29, 1.82) is 0 Å². The Morgan fingerprint density at radius 3 is 2.59 bits per heavy atom. The molecule has 22 heavy (non-hydrogen) atoms. The van der Waals surface area contributed by atoms with Gasteiger partial charge >= 0.3 is 0 Å². The van der Waals surface area contributed by atoms with Crippen molar-refractivity contribution in [3.05, 3.63) is 61.1 Å². The minimum atomic E-state index is 0.247. The molecule has 3 N–H and O–H groups in total. The number of nitrogen functional groups attached to an aromatic ring is 1. The number of pyridine rings is 2. The average molecular weight is 287 g/mol. The average Bonchev–Trinajstić information content (AvgIpc) is 2.54. The van der Waals surface area contributed by atoms with Crippen LogP contribution in [0.1, 0.15) is 0 Å². The molecule has 0 radical (unpaired) electrons. The molecule has 0 saturated carbocycles. The minimum Gasteiger partial charge on any atom is -0.508 e. The lowest BCUT2D eigenvalue weighted by Crippen LogP contribution is -1.90. The second kappa shape index (κ2) is 4.70. The summed E-state index contributed by atoms with van der Waals surface area (Å²) in [5.74, 6) is 0.741. The highest BCUT2D eigenvalue weighted by Gasteiger charge is 2.09. The van der Waals surface area contributed by atoms with Gasteiger partial charge in [-0.15, -0.1) is 0 Å². The number of nitrogens with two attached hydrogens (primary N) is 1. The topological polar surface area (TPSA) is 72.0 Å². The molecule has 0 aliphatic carbocycles. The lowest BCUT2D eigenvalue weighted by Gasteiger charge is -2.10. The molecule has 0 amide bonds. The van der Waals surface area contributed by atoms with Gasteiger partial charge < -0.3 is 10.8 Å². The van der Waals surface area contributed by atoms with Gasteiger partial charge in [-0.05, 0) is 58.1 Å². The van der Waals surface area contributed by atoms with E-state index in [9.17, 15) is 5.11 Å². The Morgan fingerprint density at radius 1 is 0.864 bits per heavy atom. The van der Waals surface area contributed by atoms with Crippen molar-refractivity contribution in [2.45, 2.75) is 0 Å². The van der Waals surface area contributed by atoms with Crippen LogP contribution < -0.4 is 5.73 Å². The van der Waals surface area contributed by atoms with Crippen LogP contribution in [0.15, 0.2) is 61.1 Å². The Labute approximate surface area is 126 Å². The molecular formula is C18H13N3O. The van der Waals surface area contributed by atoms with Crippen molar-refractivity contribution in [3.63, 3.8) is 0 Å². The molecule has 2 aromatic heterocycles. The fraction of sp³-hybridized carbons (Fsp3) is 0. The number of aromatic hydroxyl groups is 1. The van der Waals surface area contributed by atoms with Crippen molar-refractivity contribution >= 4 is 27.4 Å². The van der Waals surface area contributed by atoms with Gasteiger partial charge in [-0.2, -0.15) is 0 Å². The number of rotatable bonds is 1. The molecule has 4 heteroatoms. The molecule has 0 aliphatic heterocycles. The Hall–Kier alpha value is -3.14. The molecule has 106 valence electrons. The Morgan fingerprint density at radius 2 is 1.77 bits per heavy atom. The highest BCUT2D eigenvalue weighted by atomic mass is 16.3. The maximum atomic E-state index is 9.76. The zero-order valence-electron chi connectivity index (χ0n) is 11.7. The van der Waals surface area contributed by atoms with Crippen LogP contribution in [-0.2, 0) is 0 Å². The quantitative estimate of drug-likeness (QED) is 0.523. The van der Waals surface area contributed by atoms with Crippen molar-refractivity contribution in [1.82, 2.24) is 9.97 Å². The Balaban J connectivity index is 2.13. The predicted molar refractivity (Wildman–Crippen MR) is 88.6 cm³/mol. The first kappa shape index (κ1) is 12.6. The van der Waals surface area contributed by atoms with E-state index >= 15 is 0 Å². The number of phenols is 1. The molecule has 2 aromatic carbocycles. The standard InChI is InChI=1S/C18H13N3O/c19-18-4-1-11(9-21-18)16-8-12-7-13(22)2-3-14(12)17-10-20-6-5-15(16)17/h1-10,22H,(H2,19,21). The number of phenolic OH excluding ortho intramolecular Hbond substituents is 1. The summed E-state index contributed by atoms with van der Waals surface area (Å²) in [5.41, 5.74) is 7.70. The molecular weight excluding hydrogens is 274 g/mol. The van der Waals surface area contributed by atoms with Gasteiger partial charge in [-0.1, -0.05) is 6.07 Å². The normalized spacial score (nSPS) is 11.1. The molecule has 2 heterocycles. The van der Waals surface area contributed by atoms with Crippen LogP contribution in [0.2, 0.25) is 0 Å². The number of hydrogen-bond acceptors (Lipinski definition) is 4. The second-order valence-corrected chi connectivity index (χ2v) is 5.22. The largest absolute Gasteiger partial charge is 0.508 e. The molecule has 0 spiro atoms. The van der Waals surface area contributed by atoms with Crippen LogP contribution in [0.25, 0.3) is 32.7 Å². The van der Waals surface area contributed by atoms with Crippen molar-refractivity contribution in [3.8, 4) is 16.9 Å². The minimum absolute atomic E-state index is 0.247. The third-order valence-corrected chi connectivity index (χ3v) is 3.83. The van der Waals surface area contributed by atoms with Gasteiger partial charge in [0.25, 0.3) is 0 Å². The fourth-order valence-electron chi connectivity index (χ4n) is 2.80. The van der Waals surface area contributed by atoms with Gasteiger partial charge in [-0.25, -0.2) is 4.98 Å². The summed E-state index contributed by atoms with van der Waals surface area (Å²) in [7, 11) is 0. The second-order valence-electron chi connectivity index (χ2n) is 5.22. The highest BCUT2D eigenvalue weighted by Crippen LogP contribution is 2.35. The zero-order chi connectivity index (χ0) is 15.1. The van der Waals surface area contributed by atoms with Crippen LogP contribution in [0.4, 0.5) is 5.82 Å². The van der Waals surface area contributed by atoms with Gasteiger partial charge in [0.1, 0.15) is 11.6 Å². The number of aromatic nitrogens is 2. The summed E-state index contributed by atoms with van der Waals surface area (Å²) in [6.45, 7) is 0. The number of fused-ring (bicyclic) bond motifs is 3. The number of benzene rings is 2. The first-order chi connectivity index (χ1) is 10.7. The van der Waals surface area contributed by atoms with E-state index in [0.29, 0.717) is 5.82 Å². The molecule has 0 atom stereocenters. The van der Waals surface area contributed by atoms with Gasteiger partial charge in [0.2, 0.25) is 0 Å². The Kier molecular flexibility index (Phi) is 2.69. The molecule has 0 saturated heterocycles. The maximum Gasteiger partial charge on any atom is 0.123 e. The summed E-state index contributed by atoms with van der Waals surface area (Å²) in [6, 6.07) is 13.2. The van der Waals surface area contributed by atoms with Crippen molar-refractivity contribution < 1.29 is 5.11 Å². The van der Waals surface area contributed by atoms with Gasteiger partial charge in [0.15, 0.2) is 0 Å². The highest BCUT2D eigenvalue weighted by molar-refractivity contribution is 6.13. The maximum absolute atomic E-state index is 9.76. The third-order valence-electron chi connectivity index (χ3n) is 3.83. The van der Waals surface area contributed by atoms with E-state index < -0.39 is 0 Å². The zero-order valence-corrected chi connectivity index (χ0v) is 11.7. The fourth-order valence-corrected chi connectivity index (χ4v) is 2.80. The molecule has 4 rings (SSSR count). The van der Waals surface area contributed by atoms with Crippen LogP contribution in [0.5, 0.6) is 5.75 Å². The summed E-state index contributed by atoms with van der Waals surface area (Å²) >= 11 is 0. The summed E-state index contributed by atoms with van der Waals surface area (Å²) in [6.07, 6.45) is 5.39. The van der Waals surface area contributed by atoms with E-state index in [1.165, 1.54) is 0 Å². The first-order valence-electron chi connectivity index (χ1n) is 6.94. The lowest BCUT2D eigenvalue weighted by atomic mass is 9.95. The van der Waals surface area contributed by atoms with Crippen LogP contribution in [0.3, 0.4) is 0 Å². The molecule has 4 aromatic rings. The molecule has 0 aliphatic rings. The van der Waals surface area contributed by atoms with Crippen LogP contribution in [0, 0.1) is 0 Å². The monoisotopic (exact) mass is 287 g/mol.